The number of Topliss-reactive ketones (excluding diaryl/α,β-unsaturated/α-hetero) is 1. The van der Waals surface area contributed by atoms with Crippen LogP contribution in [0.1, 0.15) is 39.3 Å². The van der Waals surface area contributed by atoms with E-state index in [4.69, 9.17) is 16.3 Å². The molecule has 1 saturated heterocycles. The number of fused-ring (bicyclic) bond motifs is 2. The lowest BCUT2D eigenvalue weighted by Gasteiger charge is -2.33. The fourth-order valence-electron chi connectivity index (χ4n) is 4.87. The number of nitrogens with one attached hydrogen (secondary N) is 1. The average Bonchev–Trinajstić information content (AvgIpc) is 3.23. The van der Waals surface area contributed by atoms with Crippen LogP contribution in [0.15, 0.2) is 54.6 Å². The van der Waals surface area contributed by atoms with E-state index in [0.717, 1.165) is 21.9 Å². The Labute approximate surface area is 202 Å². The number of ketones is 1. The van der Waals surface area contributed by atoms with Gasteiger partial charge in [0.2, 0.25) is 0 Å². The zero-order valence-electron chi connectivity index (χ0n) is 18.9. The van der Waals surface area contributed by atoms with Crippen LogP contribution in [-0.4, -0.2) is 40.3 Å². The number of hydrogen-bond acceptors (Lipinski definition) is 4. The molecule has 3 aromatic rings. The van der Waals surface area contributed by atoms with Crippen molar-refractivity contribution in [3.63, 3.8) is 0 Å². The molecule has 0 bridgehead atoms. The number of nitrogens with zero attached hydrogens (tertiary/aromatic N) is 2. The maximum absolute atomic E-state index is 13.5. The van der Waals surface area contributed by atoms with Crippen LogP contribution in [0.5, 0.6) is 5.75 Å². The highest BCUT2D eigenvalue weighted by Gasteiger charge is 2.55. The lowest BCUT2D eigenvalue weighted by molar-refractivity contribution is -0.132. The van der Waals surface area contributed by atoms with E-state index in [1.54, 1.807) is 24.3 Å². The number of carbonyl (C=O) groups is 3. The predicted octanol–water partition coefficient (Wildman–Crippen LogP) is 4.22. The predicted molar refractivity (Wildman–Crippen MR) is 127 cm³/mol. The van der Waals surface area contributed by atoms with Crippen LogP contribution in [-0.2, 0) is 16.9 Å². The third-order valence-corrected chi connectivity index (χ3v) is 7.09. The summed E-state index contributed by atoms with van der Waals surface area (Å²) in [6.07, 6.45) is 0.311. The molecule has 8 heteroatoms. The minimum atomic E-state index is -1.20. The fourth-order valence-corrected chi connectivity index (χ4v) is 5.06. The second kappa shape index (κ2) is 8.33. The van der Waals surface area contributed by atoms with E-state index in [2.05, 4.69) is 5.32 Å². The second-order valence-electron chi connectivity index (χ2n) is 8.71. The van der Waals surface area contributed by atoms with Gasteiger partial charge in [0.25, 0.3) is 5.91 Å². The molecule has 2 aromatic carbocycles. The van der Waals surface area contributed by atoms with Crippen LogP contribution in [0.4, 0.5) is 4.79 Å². The van der Waals surface area contributed by atoms with Crippen molar-refractivity contribution in [1.82, 2.24) is 14.8 Å². The first-order valence-corrected chi connectivity index (χ1v) is 11.5. The molecule has 7 nitrogen and oxygen atoms in total. The van der Waals surface area contributed by atoms with E-state index >= 15 is 0 Å². The Morgan fingerprint density at radius 1 is 1.12 bits per heavy atom. The summed E-state index contributed by atoms with van der Waals surface area (Å²) in [5.74, 6) is -0.149. The monoisotopic (exact) mass is 477 g/mol. The number of urea groups is 1. The highest BCUT2D eigenvalue weighted by molar-refractivity contribution is 6.31. The van der Waals surface area contributed by atoms with Crippen LogP contribution in [0.2, 0.25) is 5.02 Å². The third kappa shape index (κ3) is 3.47. The van der Waals surface area contributed by atoms with Crippen LogP contribution < -0.4 is 10.1 Å². The number of rotatable bonds is 5. The molecule has 1 atom stereocenters. The van der Waals surface area contributed by atoms with Gasteiger partial charge in [-0.05, 0) is 37.6 Å². The number of para-hydroxylation sites is 1. The molecular weight excluding hydrogens is 454 g/mol. The number of halogens is 1. The largest absolute Gasteiger partial charge is 0.493 e. The summed E-state index contributed by atoms with van der Waals surface area (Å²) in [6, 6.07) is 16.0. The van der Waals surface area contributed by atoms with Gasteiger partial charge in [0, 0.05) is 40.5 Å². The molecule has 5 rings (SSSR count). The van der Waals surface area contributed by atoms with Gasteiger partial charge in [0.15, 0.2) is 11.3 Å². The molecular formula is C26H24ClN3O4. The van der Waals surface area contributed by atoms with Gasteiger partial charge in [-0.3, -0.25) is 14.5 Å². The third-order valence-electron chi connectivity index (χ3n) is 6.72. The molecule has 0 saturated carbocycles. The molecule has 0 aliphatic carbocycles. The van der Waals surface area contributed by atoms with Crippen molar-refractivity contribution in [2.75, 3.05) is 13.2 Å². The Morgan fingerprint density at radius 3 is 2.65 bits per heavy atom. The van der Waals surface area contributed by atoms with Crippen molar-refractivity contribution < 1.29 is 19.1 Å². The number of aryl methyl sites for hydroxylation is 1. The molecule has 3 heterocycles. The van der Waals surface area contributed by atoms with E-state index in [0.29, 0.717) is 41.5 Å². The normalized spacial score (nSPS) is 19.2. The van der Waals surface area contributed by atoms with Gasteiger partial charge in [-0.25, -0.2) is 4.79 Å². The molecule has 34 heavy (non-hydrogen) atoms. The van der Waals surface area contributed by atoms with Crippen LogP contribution in [0.25, 0.3) is 0 Å². The SMILES string of the molecule is Cc1cc(C(=O)CN2C(=O)N[C@@]3(CCOc4ccccc43)C2=O)c(C)n1Cc1ccccc1Cl. The Hall–Kier alpha value is -3.58. The highest BCUT2D eigenvalue weighted by Crippen LogP contribution is 2.41. The zero-order valence-corrected chi connectivity index (χ0v) is 19.7. The Kier molecular flexibility index (Phi) is 5.44. The topological polar surface area (TPSA) is 80.6 Å². The lowest BCUT2D eigenvalue weighted by atomic mass is 9.84. The number of aromatic nitrogens is 1. The molecule has 0 radical (unpaired) electrons. The van der Waals surface area contributed by atoms with Crippen molar-refractivity contribution in [3.05, 3.63) is 87.7 Å². The van der Waals surface area contributed by atoms with E-state index in [-0.39, 0.29) is 12.3 Å². The van der Waals surface area contributed by atoms with Gasteiger partial charge in [0.05, 0.1) is 13.2 Å². The summed E-state index contributed by atoms with van der Waals surface area (Å²) < 4.78 is 7.68. The van der Waals surface area contributed by atoms with Crippen molar-refractivity contribution >= 4 is 29.3 Å². The van der Waals surface area contributed by atoms with Gasteiger partial charge in [-0.2, -0.15) is 0 Å². The van der Waals surface area contributed by atoms with Gasteiger partial charge in [0.1, 0.15) is 5.75 Å². The molecule has 1 aromatic heterocycles. The Bertz CT molecular complexity index is 1330. The van der Waals surface area contributed by atoms with Crippen molar-refractivity contribution in [1.29, 1.82) is 0 Å². The molecule has 174 valence electrons. The molecule has 1 spiro atoms. The van der Waals surface area contributed by atoms with Gasteiger partial charge >= 0.3 is 6.03 Å². The quantitative estimate of drug-likeness (QED) is 0.440. The number of carbonyl (C=O) groups excluding carboxylic acids is 3. The van der Waals surface area contributed by atoms with Crippen molar-refractivity contribution in [3.8, 4) is 5.75 Å². The summed E-state index contributed by atoms with van der Waals surface area (Å²) in [5.41, 5.74) is 2.51. The molecule has 1 N–H and O–H groups in total. The maximum Gasteiger partial charge on any atom is 0.325 e. The van der Waals surface area contributed by atoms with Gasteiger partial charge < -0.3 is 14.6 Å². The summed E-state index contributed by atoms with van der Waals surface area (Å²) in [5, 5.41) is 3.49. The summed E-state index contributed by atoms with van der Waals surface area (Å²) in [7, 11) is 0. The minimum Gasteiger partial charge on any atom is -0.493 e. The zero-order chi connectivity index (χ0) is 24.0. The molecule has 1 fully saturated rings. The van der Waals surface area contributed by atoms with E-state index in [1.807, 2.05) is 48.7 Å². The summed E-state index contributed by atoms with van der Waals surface area (Å²) in [6.45, 7) is 4.27. The first-order valence-electron chi connectivity index (χ1n) is 11.1. The maximum atomic E-state index is 13.5. The number of hydrogen-bond donors (Lipinski definition) is 1. The van der Waals surface area contributed by atoms with Crippen LogP contribution in [0.3, 0.4) is 0 Å². The number of amides is 3. The van der Waals surface area contributed by atoms with Gasteiger partial charge in [-0.15, -0.1) is 0 Å². The summed E-state index contributed by atoms with van der Waals surface area (Å²) in [4.78, 5) is 40.6. The first kappa shape index (κ1) is 22.2. The number of ether oxygens (including phenoxy) is 1. The molecule has 0 unspecified atom stereocenters. The molecule has 3 amide bonds. The van der Waals surface area contributed by atoms with Crippen LogP contribution in [0, 0.1) is 13.8 Å². The number of benzene rings is 2. The highest BCUT2D eigenvalue weighted by atomic mass is 35.5. The standard InChI is InChI=1S/C26H24ClN3O4/c1-16-13-19(17(2)29(16)14-18-7-3-5-9-21(18)27)22(31)15-30-24(32)26(28-25(30)33)11-12-34-23-10-6-4-8-20(23)26/h3-10,13H,11-12,14-15H2,1-2H3,(H,28,33)/t26-/m1/s1. The van der Waals surface area contributed by atoms with Crippen LogP contribution >= 0.6 is 11.6 Å². The Morgan fingerprint density at radius 2 is 1.85 bits per heavy atom. The Balaban J connectivity index is 1.40. The number of imide groups is 1. The molecule has 2 aliphatic rings. The first-order chi connectivity index (χ1) is 16.3. The minimum absolute atomic E-state index is 0.292. The lowest BCUT2D eigenvalue weighted by Crippen LogP contribution is -2.47. The fraction of sp³-hybridized carbons (Fsp3) is 0.269. The van der Waals surface area contributed by atoms with Gasteiger partial charge in [-0.1, -0.05) is 48.0 Å². The van der Waals surface area contributed by atoms with E-state index in [1.165, 1.54) is 0 Å². The molecule has 2 aliphatic heterocycles. The van der Waals surface area contributed by atoms with E-state index in [9.17, 15) is 14.4 Å². The van der Waals surface area contributed by atoms with Crippen molar-refractivity contribution in [2.45, 2.75) is 32.4 Å². The van der Waals surface area contributed by atoms with E-state index < -0.39 is 17.5 Å². The smallest absolute Gasteiger partial charge is 0.325 e. The summed E-state index contributed by atoms with van der Waals surface area (Å²) >= 11 is 6.32. The van der Waals surface area contributed by atoms with Crippen molar-refractivity contribution in [2.24, 2.45) is 0 Å². The average molecular weight is 478 g/mol. The second-order valence-corrected chi connectivity index (χ2v) is 9.11.